The van der Waals surface area contributed by atoms with Crippen LogP contribution in [-0.4, -0.2) is 35.3 Å². The molecule has 2 N–H and O–H groups in total. The summed E-state index contributed by atoms with van der Waals surface area (Å²) in [5, 5.41) is 23.0. The van der Waals surface area contributed by atoms with Crippen LogP contribution >= 0.6 is 0 Å². The number of nitro benzene ring substituents is 1. The molecule has 7 nitrogen and oxygen atoms in total. The molecule has 1 aliphatic heterocycles. The molecule has 0 saturated carbocycles. The number of carbonyl (C=O) groups is 1. The van der Waals surface area contributed by atoms with Crippen molar-refractivity contribution in [3.8, 4) is 0 Å². The van der Waals surface area contributed by atoms with Crippen molar-refractivity contribution in [2.75, 3.05) is 18.5 Å². The van der Waals surface area contributed by atoms with Crippen LogP contribution in [0.4, 0.5) is 11.4 Å². The Morgan fingerprint density at radius 3 is 2.90 bits per heavy atom. The van der Waals surface area contributed by atoms with Crippen LogP contribution in [0.2, 0.25) is 0 Å². The number of aromatic carboxylic acids is 1. The first kappa shape index (κ1) is 14.3. The van der Waals surface area contributed by atoms with Crippen LogP contribution in [0.5, 0.6) is 0 Å². The zero-order valence-corrected chi connectivity index (χ0v) is 11.0. The number of nitrogens with zero attached hydrogens (tertiary/aromatic N) is 1. The lowest BCUT2D eigenvalue weighted by Gasteiger charge is -2.20. The van der Waals surface area contributed by atoms with Gasteiger partial charge in [-0.3, -0.25) is 10.1 Å². The van der Waals surface area contributed by atoms with Crippen LogP contribution in [-0.2, 0) is 4.74 Å². The Morgan fingerprint density at radius 1 is 1.60 bits per heavy atom. The van der Waals surface area contributed by atoms with E-state index in [-0.39, 0.29) is 28.9 Å². The monoisotopic (exact) mass is 280 g/mol. The average Bonchev–Trinajstić information content (AvgIpc) is 2.92. The van der Waals surface area contributed by atoms with Gasteiger partial charge < -0.3 is 15.2 Å². The minimum Gasteiger partial charge on any atom is -0.478 e. The Hall–Kier alpha value is -2.15. The maximum atomic E-state index is 11.0. The number of nitro groups is 1. The SMILES string of the molecule is CC(Nc1cc(C(=O)O)ccc1[N+](=O)[O-])C1CCOC1. The first-order valence-corrected chi connectivity index (χ1v) is 6.35. The van der Waals surface area contributed by atoms with Crippen molar-refractivity contribution in [2.45, 2.75) is 19.4 Å². The van der Waals surface area contributed by atoms with Gasteiger partial charge >= 0.3 is 5.97 Å². The number of carboxylic acid groups (broad SMARTS) is 1. The smallest absolute Gasteiger partial charge is 0.335 e. The summed E-state index contributed by atoms with van der Waals surface area (Å²) in [6.45, 7) is 3.21. The minimum absolute atomic E-state index is 0.0213. The van der Waals surface area contributed by atoms with Gasteiger partial charge in [0.25, 0.3) is 5.69 Å². The van der Waals surface area contributed by atoms with E-state index in [2.05, 4.69) is 5.32 Å². The first-order chi connectivity index (χ1) is 9.49. The second-order valence-electron chi connectivity index (χ2n) is 4.85. The number of rotatable bonds is 5. The molecular formula is C13H16N2O5. The van der Waals surface area contributed by atoms with Crippen LogP contribution in [0.15, 0.2) is 18.2 Å². The summed E-state index contributed by atoms with van der Waals surface area (Å²) in [5.41, 5.74) is 0.128. The van der Waals surface area contributed by atoms with Crippen molar-refractivity contribution < 1.29 is 19.6 Å². The third-order valence-electron chi connectivity index (χ3n) is 3.50. The molecular weight excluding hydrogens is 264 g/mol. The van der Waals surface area contributed by atoms with Gasteiger partial charge in [0.05, 0.1) is 17.1 Å². The average molecular weight is 280 g/mol. The number of hydrogen-bond donors (Lipinski definition) is 2. The molecule has 1 aromatic carbocycles. The summed E-state index contributed by atoms with van der Waals surface area (Å²) in [6, 6.07) is 3.71. The molecule has 0 amide bonds. The summed E-state index contributed by atoms with van der Waals surface area (Å²) in [5.74, 6) is -0.845. The van der Waals surface area contributed by atoms with E-state index in [0.717, 1.165) is 6.42 Å². The molecule has 108 valence electrons. The highest BCUT2D eigenvalue weighted by Crippen LogP contribution is 2.28. The summed E-state index contributed by atoms with van der Waals surface area (Å²) in [7, 11) is 0. The first-order valence-electron chi connectivity index (χ1n) is 6.35. The molecule has 0 aromatic heterocycles. The maximum absolute atomic E-state index is 11.0. The fourth-order valence-electron chi connectivity index (χ4n) is 2.25. The van der Waals surface area contributed by atoms with Gasteiger partial charge in [0, 0.05) is 24.6 Å². The Bertz CT molecular complexity index is 525. The molecule has 1 saturated heterocycles. The van der Waals surface area contributed by atoms with Crippen LogP contribution in [0.1, 0.15) is 23.7 Å². The molecule has 2 unspecified atom stereocenters. The highest BCUT2D eigenvalue weighted by molar-refractivity contribution is 5.90. The molecule has 1 aliphatic rings. The lowest BCUT2D eigenvalue weighted by Crippen LogP contribution is -2.26. The second-order valence-corrected chi connectivity index (χ2v) is 4.85. The predicted octanol–water partition coefficient (Wildman–Crippen LogP) is 2.13. The molecule has 0 spiro atoms. The quantitative estimate of drug-likeness (QED) is 0.632. The summed E-state index contributed by atoms with van der Waals surface area (Å²) in [6.07, 6.45) is 0.889. The van der Waals surface area contributed by atoms with Crippen LogP contribution in [0.3, 0.4) is 0 Å². The van der Waals surface area contributed by atoms with Gasteiger partial charge in [-0.1, -0.05) is 0 Å². The fraction of sp³-hybridized carbons (Fsp3) is 0.462. The number of anilines is 1. The van der Waals surface area contributed by atoms with Gasteiger partial charge in [-0.25, -0.2) is 4.79 Å². The largest absolute Gasteiger partial charge is 0.478 e. The van der Waals surface area contributed by atoms with E-state index in [1.165, 1.54) is 18.2 Å². The Kier molecular flexibility index (Phi) is 4.19. The predicted molar refractivity (Wildman–Crippen MR) is 72.1 cm³/mol. The molecule has 1 heterocycles. The number of hydrogen-bond acceptors (Lipinski definition) is 5. The van der Waals surface area contributed by atoms with E-state index in [0.29, 0.717) is 13.2 Å². The summed E-state index contributed by atoms with van der Waals surface area (Å²) < 4.78 is 5.29. The van der Waals surface area contributed by atoms with E-state index in [9.17, 15) is 14.9 Å². The molecule has 2 atom stereocenters. The molecule has 20 heavy (non-hydrogen) atoms. The van der Waals surface area contributed by atoms with E-state index in [4.69, 9.17) is 9.84 Å². The standard InChI is InChI=1S/C13H16N2O5/c1-8(10-4-5-20-7-10)14-11-6-9(13(16)17)2-3-12(11)15(18)19/h2-3,6,8,10,14H,4-5,7H2,1H3,(H,16,17). The van der Waals surface area contributed by atoms with Gasteiger partial charge in [0.2, 0.25) is 0 Å². The van der Waals surface area contributed by atoms with Crippen LogP contribution in [0.25, 0.3) is 0 Å². The fourth-order valence-corrected chi connectivity index (χ4v) is 2.25. The van der Waals surface area contributed by atoms with Gasteiger partial charge in [-0.05, 0) is 25.5 Å². The van der Waals surface area contributed by atoms with Crippen molar-refractivity contribution in [1.82, 2.24) is 0 Å². The van der Waals surface area contributed by atoms with E-state index in [1.54, 1.807) is 0 Å². The Balaban J connectivity index is 2.24. The number of nitrogens with one attached hydrogen (secondary N) is 1. The molecule has 1 aromatic rings. The van der Waals surface area contributed by atoms with Gasteiger partial charge in [-0.2, -0.15) is 0 Å². The Morgan fingerprint density at radius 2 is 2.35 bits per heavy atom. The normalized spacial score (nSPS) is 19.6. The summed E-state index contributed by atoms with van der Waals surface area (Å²) in [4.78, 5) is 21.4. The topological polar surface area (TPSA) is 102 Å². The van der Waals surface area contributed by atoms with Gasteiger partial charge in [-0.15, -0.1) is 0 Å². The zero-order valence-electron chi connectivity index (χ0n) is 11.0. The second kappa shape index (κ2) is 5.87. The van der Waals surface area contributed by atoms with Crippen LogP contribution in [0, 0.1) is 16.0 Å². The van der Waals surface area contributed by atoms with E-state index in [1.807, 2.05) is 6.92 Å². The van der Waals surface area contributed by atoms with E-state index < -0.39 is 10.9 Å². The number of benzene rings is 1. The van der Waals surface area contributed by atoms with E-state index >= 15 is 0 Å². The van der Waals surface area contributed by atoms with Crippen molar-refractivity contribution in [3.63, 3.8) is 0 Å². The van der Waals surface area contributed by atoms with Crippen molar-refractivity contribution >= 4 is 17.3 Å². The molecule has 2 rings (SSSR count). The van der Waals surface area contributed by atoms with Gasteiger partial charge in [0.15, 0.2) is 0 Å². The van der Waals surface area contributed by atoms with Crippen molar-refractivity contribution in [2.24, 2.45) is 5.92 Å². The third kappa shape index (κ3) is 3.05. The lowest BCUT2D eigenvalue weighted by atomic mass is 10.00. The van der Waals surface area contributed by atoms with Gasteiger partial charge in [0.1, 0.15) is 5.69 Å². The maximum Gasteiger partial charge on any atom is 0.335 e. The number of ether oxygens (including phenoxy) is 1. The molecule has 0 bridgehead atoms. The molecule has 0 aliphatic carbocycles. The highest BCUT2D eigenvalue weighted by atomic mass is 16.6. The van der Waals surface area contributed by atoms with Crippen LogP contribution < -0.4 is 5.32 Å². The van der Waals surface area contributed by atoms with Crippen molar-refractivity contribution in [3.05, 3.63) is 33.9 Å². The minimum atomic E-state index is -1.11. The van der Waals surface area contributed by atoms with Crippen molar-refractivity contribution in [1.29, 1.82) is 0 Å². The summed E-state index contributed by atoms with van der Waals surface area (Å²) >= 11 is 0. The number of carboxylic acids is 1. The third-order valence-corrected chi connectivity index (χ3v) is 3.50. The molecule has 1 fully saturated rings. The molecule has 0 radical (unpaired) electrons. The Labute approximate surface area is 115 Å². The lowest BCUT2D eigenvalue weighted by molar-refractivity contribution is -0.384. The molecule has 7 heteroatoms. The highest BCUT2D eigenvalue weighted by Gasteiger charge is 2.25. The zero-order chi connectivity index (χ0) is 14.7.